The largest absolute Gasteiger partial charge is 0.497 e. The third-order valence-corrected chi connectivity index (χ3v) is 6.00. The number of methoxy groups -OCH3 is 1. The van der Waals surface area contributed by atoms with Crippen LogP contribution in [-0.2, 0) is 21.5 Å². The number of hydrogen-bond acceptors (Lipinski definition) is 6. The number of nitrogens with one attached hydrogen (secondary N) is 1. The number of benzene rings is 2. The van der Waals surface area contributed by atoms with E-state index in [-0.39, 0.29) is 24.7 Å². The maximum absolute atomic E-state index is 12.7. The van der Waals surface area contributed by atoms with Crippen molar-refractivity contribution >= 4 is 21.8 Å². The molecule has 1 N–H and O–H groups in total. The maximum atomic E-state index is 12.7. The molecule has 2 aliphatic heterocycles. The van der Waals surface area contributed by atoms with Gasteiger partial charge in [0, 0.05) is 19.2 Å². The smallest absolute Gasteiger partial charge is 0.345 e. The molecule has 0 spiro atoms. The van der Waals surface area contributed by atoms with Gasteiger partial charge in [-0.05, 0) is 42.0 Å². The highest BCUT2D eigenvalue weighted by Crippen LogP contribution is 2.33. The van der Waals surface area contributed by atoms with Crippen molar-refractivity contribution in [3.05, 3.63) is 65.4 Å². The van der Waals surface area contributed by atoms with Gasteiger partial charge in [-0.25, -0.2) is 4.31 Å². The van der Waals surface area contributed by atoms with E-state index in [1.807, 2.05) is 12.1 Å². The number of rotatable bonds is 5. The third kappa shape index (κ3) is 3.81. The molecule has 0 unspecified atom stereocenters. The number of likely N-dealkylation sites (N-methyl/N-ethyl adjacent to an activating group) is 1. The SMILES string of the molecule is COc1ccc(CNC(=O)C2=CC(c3ccc4c(c3)OCO4)=NS(=O)(=O)N2C)cc1. The molecule has 1 amide bonds. The predicted molar refractivity (Wildman–Crippen MR) is 109 cm³/mol. The van der Waals surface area contributed by atoms with Crippen LogP contribution >= 0.6 is 0 Å². The molecule has 156 valence electrons. The molecule has 4 rings (SSSR count). The van der Waals surface area contributed by atoms with Crippen LogP contribution in [-0.4, -0.2) is 45.3 Å². The van der Waals surface area contributed by atoms with Gasteiger partial charge in [-0.3, -0.25) is 4.79 Å². The molecule has 30 heavy (non-hydrogen) atoms. The predicted octanol–water partition coefficient (Wildman–Crippen LogP) is 1.60. The Balaban J connectivity index is 1.57. The van der Waals surface area contributed by atoms with Gasteiger partial charge in [-0.1, -0.05) is 12.1 Å². The summed E-state index contributed by atoms with van der Waals surface area (Å²) in [7, 11) is -1.20. The number of fused-ring (bicyclic) bond motifs is 1. The van der Waals surface area contributed by atoms with E-state index >= 15 is 0 Å². The van der Waals surface area contributed by atoms with E-state index in [0.717, 1.165) is 9.87 Å². The van der Waals surface area contributed by atoms with Gasteiger partial charge in [0.25, 0.3) is 5.91 Å². The standard InChI is InChI=1S/C20H19N3O6S/c1-23-17(20(24)21-11-13-3-6-15(27-2)7-4-13)10-16(22-30(23,25)26)14-5-8-18-19(9-14)29-12-28-18/h3-10H,11-12H2,1-2H3,(H,21,24). The molecule has 0 aromatic heterocycles. The summed E-state index contributed by atoms with van der Waals surface area (Å²) < 4.78 is 45.4. The number of nitrogens with zero attached hydrogens (tertiary/aromatic N) is 2. The van der Waals surface area contributed by atoms with Crippen molar-refractivity contribution in [3.8, 4) is 17.2 Å². The molecular weight excluding hydrogens is 410 g/mol. The number of ether oxygens (including phenoxy) is 3. The minimum atomic E-state index is -4.06. The Morgan fingerprint density at radius 2 is 1.90 bits per heavy atom. The van der Waals surface area contributed by atoms with E-state index in [1.54, 1.807) is 37.4 Å². The first kappa shape index (κ1) is 19.8. The van der Waals surface area contributed by atoms with Crippen LogP contribution < -0.4 is 19.5 Å². The topological polar surface area (TPSA) is 107 Å². The van der Waals surface area contributed by atoms with Crippen LogP contribution in [0.1, 0.15) is 11.1 Å². The average molecular weight is 429 g/mol. The normalized spacial score (nSPS) is 16.5. The lowest BCUT2D eigenvalue weighted by Crippen LogP contribution is -2.38. The van der Waals surface area contributed by atoms with Gasteiger partial charge in [0.1, 0.15) is 11.4 Å². The molecule has 10 heteroatoms. The quantitative estimate of drug-likeness (QED) is 0.774. The summed E-state index contributed by atoms with van der Waals surface area (Å²) in [5.74, 6) is 1.22. The van der Waals surface area contributed by atoms with Crippen LogP contribution in [0.2, 0.25) is 0 Å². The van der Waals surface area contributed by atoms with Crippen LogP contribution in [0.15, 0.2) is 58.6 Å². The summed E-state index contributed by atoms with van der Waals surface area (Å²) in [5, 5.41) is 2.73. The summed E-state index contributed by atoms with van der Waals surface area (Å²) in [6, 6.07) is 12.2. The lowest BCUT2D eigenvalue weighted by Gasteiger charge is -2.23. The number of allylic oxidation sites excluding steroid dienone is 1. The molecular formula is C20H19N3O6S. The molecule has 9 nitrogen and oxygen atoms in total. The first-order chi connectivity index (χ1) is 14.4. The van der Waals surface area contributed by atoms with Crippen molar-refractivity contribution in [2.24, 2.45) is 4.40 Å². The Hall–Kier alpha value is -3.53. The molecule has 2 aromatic carbocycles. The summed E-state index contributed by atoms with van der Waals surface area (Å²) in [6.07, 6.45) is 1.43. The van der Waals surface area contributed by atoms with Crippen molar-refractivity contribution in [1.82, 2.24) is 9.62 Å². The summed E-state index contributed by atoms with van der Waals surface area (Å²) in [5.41, 5.74) is 1.44. The van der Waals surface area contributed by atoms with Gasteiger partial charge in [-0.2, -0.15) is 8.42 Å². The average Bonchev–Trinajstić information content (AvgIpc) is 3.22. The highest BCUT2D eigenvalue weighted by molar-refractivity contribution is 7.88. The first-order valence-corrected chi connectivity index (χ1v) is 10.4. The second-order valence-corrected chi connectivity index (χ2v) is 8.18. The van der Waals surface area contributed by atoms with Crippen LogP contribution in [0.3, 0.4) is 0 Å². The van der Waals surface area contributed by atoms with Gasteiger partial charge < -0.3 is 19.5 Å². The Labute approximate surface area is 173 Å². The highest BCUT2D eigenvalue weighted by atomic mass is 32.2. The van der Waals surface area contributed by atoms with Crippen LogP contribution in [0.4, 0.5) is 0 Å². The Kier molecular flexibility index (Phi) is 5.08. The molecule has 2 aliphatic rings. The zero-order valence-electron chi connectivity index (χ0n) is 16.3. The van der Waals surface area contributed by atoms with E-state index < -0.39 is 16.1 Å². The first-order valence-electron chi connectivity index (χ1n) is 8.99. The van der Waals surface area contributed by atoms with Crippen molar-refractivity contribution in [2.45, 2.75) is 6.54 Å². The fourth-order valence-corrected chi connectivity index (χ4v) is 3.89. The fourth-order valence-electron chi connectivity index (χ4n) is 2.97. The number of hydrogen-bond donors (Lipinski definition) is 1. The third-order valence-electron chi connectivity index (χ3n) is 4.69. The molecule has 0 fully saturated rings. The number of carbonyl (C=O) groups excluding carboxylic acids is 1. The number of carbonyl (C=O) groups is 1. The molecule has 0 atom stereocenters. The lowest BCUT2D eigenvalue weighted by molar-refractivity contribution is -0.118. The van der Waals surface area contributed by atoms with Crippen molar-refractivity contribution in [3.63, 3.8) is 0 Å². The number of amides is 1. The Morgan fingerprint density at radius 1 is 1.17 bits per heavy atom. The van der Waals surface area contributed by atoms with Crippen LogP contribution in [0.5, 0.6) is 17.2 Å². The fraction of sp³-hybridized carbons (Fsp3) is 0.200. The van der Waals surface area contributed by atoms with E-state index in [0.29, 0.717) is 22.8 Å². The van der Waals surface area contributed by atoms with E-state index in [2.05, 4.69) is 9.71 Å². The minimum absolute atomic E-state index is 0.0359. The summed E-state index contributed by atoms with van der Waals surface area (Å²) >= 11 is 0. The zero-order chi connectivity index (χ0) is 21.3. The van der Waals surface area contributed by atoms with E-state index in [1.165, 1.54) is 13.1 Å². The maximum Gasteiger partial charge on any atom is 0.345 e. The second kappa shape index (κ2) is 7.71. The van der Waals surface area contributed by atoms with Crippen LogP contribution in [0, 0.1) is 0 Å². The molecule has 0 aliphatic carbocycles. The molecule has 0 radical (unpaired) electrons. The summed E-state index contributed by atoms with van der Waals surface area (Å²) in [6.45, 7) is 0.325. The highest BCUT2D eigenvalue weighted by Gasteiger charge is 2.30. The molecule has 0 saturated heterocycles. The zero-order valence-corrected chi connectivity index (χ0v) is 17.1. The molecule has 0 bridgehead atoms. The Morgan fingerprint density at radius 3 is 2.63 bits per heavy atom. The van der Waals surface area contributed by atoms with Gasteiger partial charge in [0.05, 0.1) is 12.8 Å². The molecule has 2 aromatic rings. The monoisotopic (exact) mass is 429 g/mol. The minimum Gasteiger partial charge on any atom is -0.497 e. The molecule has 0 saturated carbocycles. The van der Waals surface area contributed by atoms with Gasteiger partial charge in [-0.15, -0.1) is 4.40 Å². The molecule has 2 heterocycles. The Bertz CT molecular complexity index is 1160. The van der Waals surface area contributed by atoms with E-state index in [9.17, 15) is 13.2 Å². The van der Waals surface area contributed by atoms with Crippen LogP contribution in [0.25, 0.3) is 0 Å². The van der Waals surface area contributed by atoms with Crippen molar-refractivity contribution < 1.29 is 27.4 Å². The van der Waals surface area contributed by atoms with Crippen molar-refractivity contribution in [2.75, 3.05) is 21.0 Å². The van der Waals surface area contributed by atoms with Gasteiger partial charge in [0.15, 0.2) is 11.5 Å². The van der Waals surface area contributed by atoms with E-state index in [4.69, 9.17) is 14.2 Å². The summed E-state index contributed by atoms with van der Waals surface area (Å²) in [4.78, 5) is 12.7. The van der Waals surface area contributed by atoms with Gasteiger partial charge >= 0.3 is 10.2 Å². The lowest BCUT2D eigenvalue weighted by atomic mass is 10.1. The van der Waals surface area contributed by atoms with Crippen molar-refractivity contribution in [1.29, 1.82) is 0 Å². The second-order valence-electron chi connectivity index (χ2n) is 6.55. The van der Waals surface area contributed by atoms with Gasteiger partial charge in [0.2, 0.25) is 6.79 Å².